The predicted molar refractivity (Wildman–Crippen MR) is 68.7 cm³/mol. The van der Waals surface area contributed by atoms with Gasteiger partial charge in [0, 0.05) is 11.6 Å². The van der Waals surface area contributed by atoms with E-state index >= 15 is 0 Å². The molecule has 3 heteroatoms. The summed E-state index contributed by atoms with van der Waals surface area (Å²) in [5.41, 5.74) is 4.70. The van der Waals surface area contributed by atoms with Crippen LogP contribution in [0.2, 0.25) is 0 Å². The van der Waals surface area contributed by atoms with E-state index in [4.69, 9.17) is 0 Å². The zero-order valence-electron chi connectivity index (χ0n) is 10.0. The highest BCUT2D eigenvalue weighted by molar-refractivity contribution is 5.59. The first-order chi connectivity index (χ1) is 8.33. The molecule has 88 valence electrons. The lowest BCUT2D eigenvalue weighted by molar-refractivity contribution is 0.625. The first-order valence-corrected chi connectivity index (χ1v) is 6.19. The largest absolute Gasteiger partial charge is 0.309 e. The maximum atomic E-state index is 4.40. The van der Waals surface area contributed by atoms with Crippen LogP contribution in [0, 0.1) is 6.92 Å². The van der Waals surface area contributed by atoms with Gasteiger partial charge in [-0.3, -0.25) is 5.10 Å². The van der Waals surface area contributed by atoms with Crippen LogP contribution in [-0.4, -0.2) is 16.7 Å². The molecule has 1 aliphatic heterocycles. The monoisotopic (exact) mass is 227 g/mol. The third kappa shape index (κ3) is 2.11. The average molecular weight is 227 g/mol. The van der Waals surface area contributed by atoms with E-state index in [0.29, 0.717) is 6.04 Å². The number of aryl methyl sites for hydroxylation is 1. The number of H-pyrrole nitrogens is 1. The maximum absolute atomic E-state index is 4.40. The molecule has 1 unspecified atom stereocenters. The highest BCUT2D eigenvalue weighted by Gasteiger charge is 2.18. The van der Waals surface area contributed by atoms with Crippen molar-refractivity contribution in [2.75, 3.05) is 6.54 Å². The molecule has 0 radical (unpaired) electrons. The van der Waals surface area contributed by atoms with E-state index in [1.807, 2.05) is 0 Å². The second-order valence-corrected chi connectivity index (χ2v) is 4.72. The summed E-state index contributed by atoms with van der Waals surface area (Å²) in [4.78, 5) is 0. The van der Waals surface area contributed by atoms with Gasteiger partial charge in [-0.05, 0) is 32.4 Å². The third-order valence-corrected chi connectivity index (χ3v) is 3.38. The standard InChI is InChI=1S/C14H17N3/c1-10-4-6-11(7-5-10)13-9-14(17-16-13)12-3-2-8-15-12/h4-7,9,12,15H,2-3,8H2,1H3,(H,16,17). The van der Waals surface area contributed by atoms with Gasteiger partial charge in [0.1, 0.15) is 0 Å². The van der Waals surface area contributed by atoms with Gasteiger partial charge in [-0.1, -0.05) is 29.8 Å². The van der Waals surface area contributed by atoms with Gasteiger partial charge in [0.2, 0.25) is 0 Å². The summed E-state index contributed by atoms with van der Waals surface area (Å²) in [5.74, 6) is 0. The van der Waals surface area contributed by atoms with E-state index in [1.165, 1.54) is 29.7 Å². The third-order valence-electron chi connectivity index (χ3n) is 3.38. The van der Waals surface area contributed by atoms with Gasteiger partial charge in [0.25, 0.3) is 0 Å². The van der Waals surface area contributed by atoms with Gasteiger partial charge in [0.15, 0.2) is 0 Å². The molecule has 1 fully saturated rings. The second kappa shape index (κ2) is 4.34. The van der Waals surface area contributed by atoms with Crippen molar-refractivity contribution in [2.24, 2.45) is 0 Å². The lowest BCUT2D eigenvalue weighted by Crippen LogP contribution is -2.12. The van der Waals surface area contributed by atoms with Crippen LogP contribution in [-0.2, 0) is 0 Å². The van der Waals surface area contributed by atoms with Crippen molar-refractivity contribution >= 4 is 0 Å². The molecule has 0 bridgehead atoms. The summed E-state index contributed by atoms with van der Waals surface area (Å²) in [6.07, 6.45) is 2.46. The van der Waals surface area contributed by atoms with Crippen LogP contribution < -0.4 is 5.32 Å². The molecule has 1 aliphatic rings. The van der Waals surface area contributed by atoms with E-state index in [0.717, 1.165) is 12.2 Å². The lowest BCUT2D eigenvalue weighted by atomic mass is 10.1. The number of benzene rings is 1. The Kier molecular flexibility index (Phi) is 2.69. The minimum Gasteiger partial charge on any atom is -0.309 e. The fourth-order valence-electron chi connectivity index (χ4n) is 2.34. The summed E-state index contributed by atoms with van der Waals surface area (Å²) < 4.78 is 0. The Bertz CT molecular complexity index is 492. The minimum atomic E-state index is 0.460. The Morgan fingerprint density at radius 3 is 2.76 bits per heavy atom. The fraction of sp³-hybridized carbons (Fsp3) is 0.357. The number of rotatable bonds is 2. The van der Waals surface area contributed by atoms with Crippen LogP contribution in [0.1, 0.15) is 30.1 Å². The van der Waals surface area contributed by atoms with Crippen LogP contribution >= 0.6 is 0 Å². The second-order valence-electron chi connectivity index (χ2n) is 4.72. The van der Waals surface area contributed by atoms with Crippen LogP contribution in [0.3, 0.4) is 0 Å². The topological polar surface area (TPSA) is 40.7 Å². The van der Waals surface area contributed by atoms with Crippen molar-refractivity contribution < 1.29 is 0 Å². The number of hydrogen-bond donors (Lipinski definition) is 2. The molecule has 3 rings (SSSR count). The molecule has 0 amide bonds. The lowest BCUT2D eigenvalue weighted by Gasteiger charge is -2.05. The van der Waals surface area contributed by atoms with Gasteiger partial charge in [-0.25, -0.2) is 0 Å². The summed E-state index contributed by atoms with van der Waals surface area (Å²) in [6, 6.07) is 11.1. The molecule has 2 aromatic rings. The van der Waals surface area contributed by atoms with Crippen LogP contribution in [0.4, 0.5) is 0 Å². The van der Waals surface area contributed by atoms with Gasteiger partial charge >= 0.3 is 0 Å². The van der Waals surface area contributed by atoms with E-state index < -0.39 is 0 Å². The van der Waals surface area contributed by atoms with Gasteiger partial charge in [-0.15, -0.1) is 0 Å². The molecule has 0 aliphatic carbocycles. The molecule has 0 saturated carbocycles. The Balaban J connectivity index is 1.86. The van der Waals surface area contributed by atoms with E-state index in [1.54, 1.807) is 0 Å². The Hall–Kier alpha value is -1.61. The molecule has 1 saturated heterocycles. The Morgan fingerprint density at radius 1 is 1.24 bits per heavy atom. The highest BCUT2D eigenvalue weighted by atomic mass is 15.1. The molecule has 1 aromatic carbocycles. The molecular weight excluding hydrogens is 210 g/mol. The Morgan fingerprint density at radius 2 is 2.06 bits per heavy atom. The number of nitrogens with zero attached hydrogens (tertiary/aromatic N) is 1. The number of hydrogen-bond acceptors (Lipinski definition) is 2. The first-order valence-electron chi connectivity index (χ1n) is 6.19. The number of aromatic amines is 1. The van der Waals surface area contributed by atoms with Gasteiger partial charge in [-0.2, -0.15) is 5.10 Å². The van der Waals surface area contributed by atoms with Crippen LogP contribution in [0.15, 0.2) is 30.3 Å². The van der Waals surface area contributed by atoms with Crippen molar-refractivity contribution in [3.8, 4) is 11.3 Å². The van der Waals surface area contributed by atoms with Crippen molar-refractivity contribution in [3.63, 3.8) is 0 Å². The van der Waals surface area contributed by atoms with E-state index in [2.05, 4.69) is 52.8 Å². The molecule has 3 nitrogen and oxygen atoms in total. The smallest absolute Gasteiger partial charge is 0.0924 e. The summed E-state index contributed by atoms with van der Waals surface area (Å²) >= 11 is 0. The predicted octanol–water partition coefficient (Wildman–Crippen LogP) is 2.81. The quantitative estimate of drug-likeness (QED) is 0.828. The number of aromatic nitrogens is 2. The van der Waals surface area contributed by atoms with E-state index in [9.17, 15) is 0 Å². The first kappa shape index (κ1) is 10.5. The highest BCUT2D eigenvalue weighted by Crippen LogP contribution is 2.25. The molecule has 17 heavy (non-hydrogen) atoms. The summed E-state index contributed by atoms with van der Waals surface area (Å²) in [5, 5.41) is 11.0. The summed E-state index contributed by atoms with van der Waals surface area (Å²) in [7, 11) is 0. The van der Waals surface area contributed by atoms with Crippen molar-refractivity contribution in [3.05, 3.63) is 41.6 Å². The fourth-order valence-corrected chi connectivity index (χ4v) is 2.34. The molecule has 1 aromatic heterocycles. The molecule has 0 spiro atoms. The van der Waals surface area contributed by atoms with Crippen molar-refractivity contribution in [2.45, 2.75) is 25.8 Å². The maximum Gasteiger partial charge on any atom is 0.0924 e. The SMILES string of the molecule is Cc1ccc(-c2cc(C3CCCN3)[nH]n2)cc1. The average Bonchev–Trinajstić information content (AvgIpc) is 3.00. The zero-order valence-corrected chi connectivity index (χ0v) is 10.0. The van der Waals surface area contributed by atoms with Crippen LogP contribution in [0.25, 0.3) is 11.3 Å². The molecule has 2 heterocycles. The van der Waals surface area contributed by atoms with Crippen molar-refractivity contribution in [1.82, 2.24) is 15.5 Å². The zero-order chi connectivity index (χ0) is 11.7. The number of nitrogens with one attached hydrogen (secondary N) is 2. The normalized spacial score (nSPS) is 19.7. The molecular formula is C14H17N3. The van der Waals surface area contributed by atoms with Crippen LogP contribution in [0.5, 0.6) is 0 Å². The Labute approximate surface area is 101 Å². The van der Waals surface area contributed by atoms with Crippen molar-refractivity contribution in [1.29, 1.82) is 0 Å². The van der Waals surface area contributed by atoms with E-state index in [-0.39, 0.29) is 0 Å². The van der Waals surface area contributed by atoms with Gasteiger partial charge in [0.05, 0.1) is 11.4 Å². The van der Waals surface area contributed by atoms with Gasteiger partial charge < -0.3 is 5.32 Å². The summed E-state index contributed by atoms with van der Waals surface area (Å²) in [6.45, 7) is 3.21. The molecule has 2 N–H and O–H groups in total. The molecule has 1 atom stereocenters. The minimum absolute atomic E-state index is 0.460.